The average molecular weight is 459 g/mol. The van der Waals surface area contributed by atoms with Crippen LogP contribution in [0.1, 0.15) is 33.1 Å². The first-order valence-electron chi connectivity index (χ1n) is 10.4. The van der Waals surface area contributed by atoms with Crippen LogP contribution in [0.5, 0.6) is 0 Å². The first-order valence-corrected chi connectivity index (χ1v) is 11.4. The van der Waals surface area contributed by atoms with E-state index < -0.39 is 11.2 Å². The molecule has 2 heterocycles. The van der Waals surface area contributed by atoms with Crippen molar-refractivity contribution >= 4 is 29.2 Å². The summed E-state index contributed by atoms with van der Waals surface area (Å²) < 4.78 is 6.91. The summed E-state index contributed by atoms with van der Waals surface area (Å²) in [6, 6.07) is 9.30. The van der Waals surface area contributed by atoms with Crippen LogP contribution >= 0.6 is 11.8 Å². The summed E-state index contributed by atoms with van der Waals surface area (Å²) in [6.07, 6.45) is 2.13. The van der Waals surface area contributed by atoms with Crippen LogP contribution in [0.3, 0.4) is 0 Å². The van der Waals surface area contributed by atoms with E-state index in [1.807, 2.05) is 44.2 Å². The van der Waals surface area contributed by atoms with Crippen molar-refractivity contribution < 1.29 is 9.21 Å². The molecule has 0 saturated heterocycles. The number of rotatable bonds is 10. The number of unbranched alkanes of at least 4 members (excludes halogenated alkanes) is 1. The third-order valence-electron chi connectivity index (χ3n) is 4.71. The number of hydrogen-bond acceptors (Lipinski definition) is 8. The number of carbonyl (C=O) groups excluding carboxylic acids is 1. The zero-order valence-electron chi connectivity index (χ0n) is 18.0. The van der Waals surface area contributed by atoms with E-state index in [4.69, 9.17) is 10.2 Å². The second-order valence-electron chi connectivity index (χ2n) is 7.07. The monoisotopic (exact) mass is 458 g/mol. The molecule has 170 valence electrons. The van der Waals surface area contributed by atoms with E-state index in [1.54, 1.807) is 0 Å². The van der Waals surface area contributed by atoms with Gasteiger partial charge in [0.05, 0.1) is 5.75 Å². The largest absolute Gasteiger partial charge is 0.411 e. The van der Waals surface area contributed by atoms with Crippen LogP contribution in [-0.4, -0.2) is 38.0 Å². The second kappa shape index (κ2) is 10.8. The Morgan fingerprint density at radius 3 is 2.62 bits per heavy atom. The average Bonchev–Trinajstić information content (AvgIpc) is 3.27. The van der Waals surface area contributed by atoms with Crippen molar-refractivity contribution in [1.82, 2.24) is 19.7 Å². The number of aromatic nitrogens is 4. The molecule has 10 nitrogen and oxygen atoms in total. The summed E-state index contributed by atoms with van der Waals surface area (Å²) in [5.74, 6) is -0.0388. The van der Waals surface area contributed by atoms with Gasteiger partial charge in [0, 0.05) is 18.7 Å². The maximum atomic E-state index is 13.1. The van der Waals surface area contributed by atoms with E-state index in [2.05, 4.69) is 15.2 Å². The van der Waals surface area contributed by atoms with Gasteiger partial charge in [-0.2, -0.15) is 0 Å². The molecule has 0 saturated carbocycles. The lowest BCUT2D eigenvalue weighted by atomic mass is 10.2. The topological polar surface area (TPSA) is 140 Å². The molecule has 3 N–H and O–H groups in total. The van der Waals surface area contributed by atoms with Crippen LogP contribution in [0.25, 0.3) is 11.5 Å². The number of H-pyrrole nitrogens is 1. The van der Waals surface area contributed by atoms with Gasteiger partial charge >= 0.3 is 5.69 Å². The quantitative estimate of drug-likeness (QED) is 0.442. The number of nitrogens with zero attached hydrogens (tertiary/aromatic N) is 4. The summed E-state index contributed by atoms with van der Waals surface area (Å²) >= 11 is 1.08. The number of aromatic amines is 1. The maximum absolute atomic E-state index is 13.1. The molecule has 0 bridgehead atoms. The van der Waals surface area contributed by atoms with Gasteiger partial charge < -0.3 is 15.1 Å². The fourth-order valence-corrected chi connectivity index (χ4v) is 3.77. The fraction of sp³-hybridized carbons (Fsp3) is 0.381. The van der Waals surface area contributed by atoms with Gasteiger partial charge in [-0.3, -0.25) is 19.1 Å². The lowest BCUT2D eigenvalue weighted by Crippen LogP contribution is -2.42. The molecular formula is C21H26N6O4S. The Hall–Kier alpha value is -3.34. The molecule has 3 aromatic rings. The summed E-state index contributed by atoms with van der Waals surface area (Å²) in [6.45, 7) is 4.50. The third-order valence-corrected chi connectivity index (χ3v) is 5.52. The highest BCUT2D eigenvalue weighted by Gasteiger charge is 2.24. The van der Waals surface area contributed by atoms with Gasteiger partial charge in [0.25, 0.3) is 10.8 Å². The number of amides is 1. The minimum Gasteiger partial charge on any atom is -0.411 e. The Kier molecular flexibility index (Phi) is 7.87. The van der Waals surface area contributed by atoms with Gasteiger partial charge in [-0.15, -0.1) is 10.2 Å². The lowest BCUT2D eigenvalue weighted by molar-refractivity contribution is -0.116. The molecule has 1 amide bonds. The van der Waals surface area contributed by atoms with Crippen LogP contribution < -0.4 is 21.9 Å². The van der Waals surface area contributed by atoms with E-state index in [1.165, 1.54) is 9.47 Å². The molecule has 2 aromatic heterocycles. The molecule has 11 heteroatoms. The highest BCUT2D eigenvalue weighted by atomic mass is 32.2. The number of nitrogen functional groups attached to an aromatic ring is 1. The molecule has 0 atom stereocenters. The Bertz CT molecular complexity index is 1170. The van der Waals surface area contributed by atoms with E-state index in [0.29, 0.717) is 31.8 Å². The van der Waals surface area contributed by atoms with Crippen LogP contribution in [0.4, 0.5) is 11.5 Å². The smallest absolute Gasteiger partial charge is 0.330 e. The van der Waals surface area contributed by atoms with Gasteiger partial charge in [0.15, 0.2) is 5.69 Å². The van der Waals surface area contributed by atoms with Gasteiger partial charge in [-0.05, 0) is 25.0 Å². The number of nitrogens with two attached hydrogens (primary N) is 1. The van der Waals surface area contributed by atoms with Gasteiger partial charge in [0.1, 0.15) is 5.82 Å². The molecule has 0 aliphatic heterocycles. The fourth-order valence-electron chi connectivity index (χ4n) is 3.13. The van der Waals surface area contributed by atoms with Crippen molar-refractivity contribution in [2.45, 2.75) is 44.9 Å². The molecule has 32 heavy (non-hydrogen) atoms. The van der Waals surface area contributed by atoms with Crippen LogP contribution in [-0.2, 0) is 11.3 Å². The third kappa shape index (κ3) is 5.28. The Balaban J connectivity index is 1.82. The summed E-state index contributed by atoms with van der Waals surface area (Å²) in [5, 5.41) is 8.23. The number of hydrogen-bond donors (Lipinski definition) is 2. The Morgan fingerprint density at radius 1 is 1.19 bits per heavy atom. The SMILES string of the molecule is CCCCN(C(=O)CSc1nnc(-c2ccccc2)o1)c1c(N)n(CCC)c(=O)[nH]c1=O. The zero-order chi connectivity index (χ0) is 23.1. The van der Waals surface area contributed by atoms with Crippen molar-refractivity contribution in [3.63, 3.8) is 0 Å². The van der Waals surface area contributed by atoms with Crippen molar-refractivity contribution in [2.24, 2.45) is 0 Å². The van der Waals surface area contributed by atoms with Gasteiger partial charge in [0.2, 0.25) is 11.8 Å². The lowest BCUT2D eigenvalue weighted by Gasteiger charge is -2.24. The number of thioether (sulfide) groups is 1. The van der Waals surface area contributed by atoms with Crippen molar-refractivity contribution in [3.8, 4) is 11.5 Å². The molecule has 0 radical (unpaired) electrons. The van der Waals surface area contributed by atoms with Crippen molar-refractivity contribution in [2.75, 3.05) is 22.9 Å². The van der Waals surface area contributed by atoms with E-state index in [0.717, 1.165) is 23.7 Å². The summed E-state index contributed by atoms with van der Waals surface area (Å²) in [5.41, 5.74) is 5.66. The Labute approximate surface area is 188 Å². The number of benzene rings is 1. The van der Waals surface area contributed by atoms with Gasteiger partial charge in [-0.1, -0.05) is 50.2 Å². The predicted molar refractivity (Wildman–Crippen MR) is 124 cm³/mol. The number of nitrogens with one attached hydrogen (secondary N) is 1. The van der Waals surface area contributed by atoms with Crippen LogP contribution in [0.15, 0.2) is 49.6 Å². The normalized spacial score (nSPS) is 10.9. The minimum absolute atomic E-state index is 0.00685. The molecule has 0 fully saturated rings. The molecule has 0 unspecified atom stereocenters. The molecule has 0 aliphatic carbocycles. The second-order valence-corrected chi connectivity index (χ2v) is 8.00. The van der Waals surface area contributed by atoms with E-state index in [9.17, 15) is 14.4 Å². The van der Waals surface area contributed by atoms with E-state index >= 15 is 0 Å². The molecule has 0 aliphatic rings. The highest BCUT2D eigenvalue weighted by molar-refractivity contribution is 7.99. The molecule has 0 spiro atoms. The highest BCUT2D eigenvalue weighted by Crippen LogP contribution is 2.24. The molecular weight excluding hydrogens is 432 g/mol. The van der Waals surface area contributed by atoms with Crippen molar-refractivity contribution in [1.29, 1.82) is 0 Å². The van der Waals surface area contributed by atoms with Crippen LogP contribution in [0.2, 0.25) is 0 Å². The van der Waals surface area contributed by atoms with Crippen LogP contribution in [0, 0.1) is 0 Å². The minimum atomic E-state index is -0.682. The summed E-state index contributed by atoms with van der Waals surface area (Å²) in [4.78, 5) is 41.4. The first-order chi connectivity index (χ1) is 15.5. The predicted octanol–water partition coefficient (Wildman–Crippen LogP) is 2.50. The standard InChI is InChI=1S/C21H26N6O4S/c1-3-5-12-26(16-17(22)27(11-4-2)20(30)23-18(16)29)15(28)13-32-21-25-24-19(31-21)14-9-7-6-8-10-14/h6-10H,3-5,11-13,22H2,1-2H3,(H,23,29,30). The first kappa shape index (κ1) is 23.3. The number of carbonyl (C=O) groups is 1. The molecule has 3 rings (SSSR count). The Morgan fingerprint density at radius 2 is 1.94 bits per heavy atom. The number of anilines is 2. The molecule has 1 aromatic carbocycles. The summed E-state index contributed by atoms with van der Waals surface area (Å²) in [7, 11) is 0. The van der Waals surface area contributed by atoms with E-state index in [-0.39, 0.29) is 28.4 Å². The van der Waals surface area contributed by atoms with Gasteiger partial charge in [-0.25, -0.2) is 4.79 Å². The van der Waals surface area contributed by atoms with Crippen molar-refractivity contribution in [3.05, 3.63) is 51.2 Å². The maximum Gasteiger partial charge on any atom is 0.330 e. The zero-order valence-corrected chi connectivity index (χ0v) is 18.9.